The topological polar surface area (TPSA) is 53.7 Å². The summed E-state index contributed by atoms with van der Waals surface area (Å²) in [6.45, 7) is 5.36. The predicted octanol–water partition coefficient (Wildman–Crippen LogP) is 4.73. The number of aromatic nitrogens is 2. The van der Waals surface area contributed by atoms with Crippen molar-refractivity contribution in [2.24, 2.45) is 11.8 Å². The first-order valence-electron chi connectivity index (χ1n) is 13.3. The van der Waals surface area contributed by atoms with Crippen LogP contribution in [0.15, 0.2) is 23.3 Å². The minimum atomic E-state index is -4.51. The van der Waals surface area contributed by atoms with E-state index in [1.54, 1.807) is 10.8 Å². The second-order valence-corrected chi connectivity index (χ2v) is 11.1. The number of alkyl halides is 3. The average Bonchev–Trinajstić information content (AvgIpc) is 3.15. The van der Waals surface area contributed by atoms with Crippen LogP contribution in [0.2, 0.25) is 0 Å². The summed E-state index contributed by atoms with van der Waals surface area (Å²) in [5, 5.41) is 0. The molecule has 3 aliphatic rings. The van der Waals surface area contributed by atoms with Crippen LogP contribution >= 0.6 is 0 Å². The Labute approximate surface area is 204 Å². The Hall–Kier alpha value is -1.84. The summed E-state index contributed by atoms with van der Waals surface area (Å²) in [6.07, 6.45) is 7.92. The number of rotatable bonds is 5. The van der Waals surface area contributed by atoms with Crippen molar-refractivity contribution in [1.82, 2.24) is 24.7 Å². The van der Waals surface area contributed by atoms with E-state index in [-0.39, 0.29) is 17.2 Å². The Balaban J connectivity index is 1.42. The third-order valence-electron chi connectivity index (χ3n) is 8.23. The molecule has 2 aliphatic heterocycles. The summed E-state index contributed by atoms with van der Waals surface area (Å²) in [5.74, 6) is 1.01. The quantitative estimate of drug-likeness (QED) is 0.633. The van der Waals surface area contributed by atoms with Crippen LogP contribution < -0.4 is 16.5 Å². The molecule has 194 valence electrons. The molecule has 2 aromatic heterocycles. The molecule has 35 heavy (non-hydrogen) atoms. The van der Waals surface area contributed by atoms with E-state index in [4.69, 9.17) is 0 Å². The van der Waals surface area contributed by atoms with Crippen molar-refractivity contribution in [3.8, 4) is 0 Å². The first kappa shape index (κ1) is 24.8. The van der Waals surface area contributed by atoms with Gasteiger partial charge >= 0.3 is 11.9 Å². The maximum Gasteiger partial charge on any atom is 0.418 e. The Kier molecular flexibility index (Phi) is 7.28. The SMILES string of the molecule is C[C@H]1CCCN(Cc2cc(C(F)(F)F)c3cn(C4CCCC(CC5CCCNN5)C4)c(=O)n3c2)C1. The van der Waals surface area contributed by atoms with E-state index >= 15 is 0 Å². The van der Waals surface area contributed by atoms with Gasteiger partial charge in [-0.1, -0.05) is 19.8 Å². The summed E-state index contributed by atoms with van der Waals surface area (Å²) < 4.78 is 45.1. The number of nitrogens with one attached hydrogen (secondary N) is 2. The lowest BCUT2D eigenvalue weighted by Gasteiger charge is -2.33. The van der Waals surface area contributed by atoms with Crippen LogP contribution in [-0.2, 0) is 12.7 Å². The van der Waals surface area contributed by atoms with Gasteiger partial charge in [0.2, 0.25) is 0 Å². The van der Waals surface area contributed by atoms with Gasteiger partial charge in [0.15, 0.2) is 0 Å². The van der Waals surface area contributed by atoms with Gasteiger partial charge in [0.1, 0.15) is 0 Å². The largest absolute Gasteiger partial charge is 0.418 e. The molecule has 0 bridgehead atoms. The Bertz CT molecular complexity index is 1070. The highest BCUT2D eigenvalue weighted by molar-refractivity contribution is 5.56. The van der Waals surface area contributed by atoms with Crippen molar-refractivity contribution in [2.75, 3.05) is 19.6 Å². The molecule has 2 aromatic rings. The molecule has 6 nitrogen and oxygen atoms in total. The highest BCUT2D eigenvalue weighted by Gasteiger charge is 2.35. The molecule has 2 saturated heterocycles. The number of pyridine rings is 1. The molecule has 3 fully saturated rings. The van der Waals surface area contributed by atoms with Crippen molar-refractivity contribution in [3.63, 3.8) is 0 Å². The van der Waals surface area contributed by atoms with Crippen molar-refractivity contribution < 1.29 is 13.2 Å². The van der Waals surface area contributed by atoms with Crippen LogP contribution in [0.25, 0.3) is 5.52 Å². The number of nitrogens with zero attached hydrogens (tertiary/aromatic N) is 3. The van der Waals surface area contributed by atoms with E-state index in [9.17, 15) is 18.0 Å². The standard InChI is InChI=1S/C26H38F3N5O/c1-18-5-4-10-32(14-18)15-20-13-23(26(27,28)29)24-17-33(25(35)34(24)16-20)22-8-2-6-19(12-22)11-21-7-3-9-30-31-21/h13,16-19,21-22,30-31H,2-12,14-15H2,1H3/t18-,19?,21?,22?/m0/s1. The van der Waals surface area contributed by atoms with Gasteiger partial charge in [0, 0.05) is 44.1 Å². The van der Waals surface area contributed by atoms with Gasteiger partial charge in [0.25, 0.3) is 0 Å². The Morgan fingerprint density at radius 3 is 2.69 bits per heavy atom. The lowest BCUT2D eigenvalue weighted by molar-refractivity contribution is -0.136. The number of hydrazine groups is 1. The molecule has 5 rings (SSSR count). The van der Waals surface area contributed by atoms with Crippen LogP contribution in [0.4, 0.5) is 13.2 Å². The smallest absolute Gasteiger partial charge is 0.299 e. The lowest BCUT2D eigenvalue weighted by atomic mass is 9.81. The van der Waals surface area contributed by atoms with Gasteiger partial charge in [-0.15, -0.1) is 0 Å². The molecule has 0 radical (unpaired) electrons. The molecule has 4 heterocycles. The van der Waals surface area contributed by atoms with Gasteiger partial charge in [-0.05, 0) is 75.0 Å². The number of likely N-dealkylation sites (tertiary alicyclic amines) is 1. The van der Waals surface area contributed by atoms with Crippen molar-refractivity contribution in [2.45, 2.75) is 89.5 Å². The molecule has 4 atom stereocenters. The first-order valence-corrected chi connectivity index (χ1v) is 13.3. The fourth-order valence-electron chi connectivity index (χ4n) is 6.56. The fraction of sp³-hybridized carbons (Fsp3) is 0.731. The average molecular weight is 494 g/mol. The van der Waals surface area contributed by atoms with Crippen LogP contribution in [-0.4, -0.2) is 39.5 Å². The van der Waals surface area contributed by atoms with E-state index in [0.29, 0.717) is 30.0 Å². The molecular formula is C26H38F3N5O. The van der Waals surface area contributed by atoms with E-state index < -0.39 is 11.7 Å². The number of piperidine rings is 1. The number of imidazole rings is 1. The molecule has 0 aromatic carbocycles. The van der Waals surface area contributed by atoms with Gasteiger partial charge in [-0.25, -0.2) is 4.79 Å². The number of hydrogen-bond donors (Lipinski definition) is 2. The molecular weight excluding hydrogens is 455 g/mol. The highest BCUT2D eigenvalue weighted by Crippen LogP contribution is 2.37. The number of halogens is 3. The summed E-state index contributed by atoms with van der Waals surface area (Å²) in [7, 11) is 0. The molecule has 1 aliphatic carbocycles. The first-order chi connectivity index (χ1) is 16.8. The summed E-state index contributed by atoms with van der Waals surface area (Å²) in [6, 6.07) is 1.63. The van der Waals surface area contributed by atoms with Crippen molar-refractivity contribution >= 4 is 5.52 Å². The van der Waals surface area contributed by atoms with E-state index in [0.717, 1.165) is 77.4 Å². The summed E-state index contributed by atoms with van der Waals surface area (Å²) >= 11 is 0. The number of hydrogen-bond acceptors (Lipinski definition) is 4. The monoisotopic (exact) mass is 493 g/mol. The van der Waals surface area contributed by atoms with Crippen molar-refractivity contribution in [1.29, 1.82) is 0 Å². The van der Waals surface area contributed by atoms with Crippen molar-refractivity contribution in [3.05, 3.63) is 40.1 Å². The minimum Gasteiger partial charge on any atom is -0.299 e. The molecule has 0 amide bonds. The molecule has 2 N–H and O–H groups in total. The Morgan fingerprint density at radius 2 is 1.94 bits per heavy atom. The summed E-state index contributed by atoms with van der Waals surface area (Å²) in [5.41, 5.74) is 6.07. The minimum absolute atomic E-state index is 0.0291. The van der Waals surface area contributed by atoms with Gasteiger partial charge in [-0.2, -0.15) is 13.2 Å². The normalized spacial score (nSPS) is 29.0. The summed E-state index contributed by atoms with van der Waals surface area (Å²) in [4.78, 5) is 15.6. The highest BCUT2D eigenvalue weighted by atomic mass is 19.4. The van der Waals surface area contributed by atoms with Gasteiger partial charge in [0.05, 0.1) is 11.1 Å². The molecule has 1 saturated carbocycles. The van der Waals surface area contributed by atoms with Crippen LogP contribution in [0.3, 0.4) is 0 Å². The maximum absolute atomic E-state index is 14.1. The molecule has 9 heteroatoms. The lowest BCUT2D eigenvalue weighted by Crippen LogP contribution is -2.46. The Morgan fingerprint density at radius 1 is 1.09 bits per heavy atom. The van der Waals surface area contributed by atoms with Gasteiger partial charge < -0.3 is 0 Å². The second kappa shape index (κ2) is 10.3. The third kappa shape index (κ3) is 5.62. The number of fused-ring (bicyclic) bond motifs is 1. The third-order valence-corrected chi connectivity index (χ3v) is 8.23. The van der Waals surface area contributed by atoms with E-state index in [2.05, 4.69) is 22.7 Å². The molecule has 0 spiro atoms. The fourth-order valence-corrected chi connectivity index (χ4v) is 6.56. The zero-order valence-corrected chi connectivity index (χ0v) is 20.6. The van der Waals surface area contributed by atoms with Crippen LogP contribution in [0, 0.1) is 11.8 Å². The van der Waals surface area contributed by atoms with E-state index in [1.807, 2.05) is 0 Å². The second-order valence-electron chi connectivity index (χ2n) is 11.1. The maximum atomic E-state index is 14.1. The van der Waals surface area contributed by atoms with E-state index in [1.165, 1.54) is 16.7 Å². The predicted molar refractivity (Wildman–Crippen MR) is 130 cm³/mol. The van der Waals surface area contributed by atoms with Gasteiger partial charge in [-0.3, -0.25) is 24.7 Å². The zero-order valence-electron chi connectivity index (χ0n) is 20.6. The zero-order chi connectivity index (χ0) is 24.6. The molecule has 3 unspecified atom stereocenters. The van der Waals surface area contributed by atoms with Crippen LogP contribution in [0.5, 0.6) is 0 Å². The van der Waals surface area contributed by atoms with Crippen LogP contribution in [0.1, 0.15) is 81.9 Å².